The highest BCUT2D eigenvalue weighted by molar-refractivity contribution is 5.92. The minimum atomic E-state index is -0.453. The molecule has 1 aromatic carbocycles. The number of methoxy groups -OCH3 is 1. The highest BCUT2D eigenvalue weighted by atomic mass is 16.5. The van der Waals surface area contributed by atoms with Gasteiger partial charge in [0.1, 0.15) is 17.4 Å². The van der Waals surface area contributed by atoms with Gasteiger partial charge < -0.3 is 14.2 Å². The van der Waals surface area contributed by atoms with E-state index in [0.29, 0.717) is 23.8 Å². The zero-order chi connectivity index (χ0) is 17.5. The summed E-state index contributed by atoms with van der Waals surface area (Å²) in [6.07, 6.45) is 5.71. The Labute approximate surface area is 143 Å². The Morgan fingerprint density at radius 2 is 1.92 bits per heavy atom. The van der Waals surface area contributed by atoms with E-state index in [0.717, 1.165) is 5.56 Å². The van der Waals surface area contributed by atoms with Crippen LogP contribution in [-0.4, -0.2) is 25.7 Å². The third-order valence-electron chi connectivity index (χ3n) is 4.42. The summed E-state index contributed by atoms with van der Waals surface area (Å²) >= 11 is 0. The van der Waals surface area contributed by atoms with E-state index in [-0.39, 0.29) is 5.97 Å². The van der Waals surface area contributed by atoms with Crippen molar-refractivity contribution in [3.05, 3.63) is 29.3 Å². The molecule has 1 aliphatic rings. The maximum Gasteiger partial charge on any atom is 0.341 e. The van der Waals surface area contributed by atoms with Crippen molar-refractivity contribution in [2.45, 2.75) is 52.1 Å². The number of benzene rings is 1. The highest BCUT2D eigenvalue weighted by Gasteiger charge is 2.20. The van der Waals surface area contributed by atoms with Crippen molar-refractivity contribution in [1.82, 2.24) is 0 Å². The Bertz CT molecular complexity index is 575. The average Bonchev–Trinajstić information content (AvgIpc) is 2.59. The number of carbonyl (C=O) groups excluding carboxylic acids is 2. The molecule has 1 saturated carbocycles. The van der Waals surface area contributed by atoms with Crippen molar-refractivity contribution in [2.75, 3.05) is 13.7 Å². The topological polar surface area (TPSA) is 61.8 Å². The fourth-order valence-corrected chi connectivity index (χ4v) is 3.07. The molecule has 2 rings (SSSR count). The molecule has 5 nitrogen and oxygen atoms in total. The second-order valence-electron chi connectivity index (χ2n) is 6.31. The van der Waals surface area contributed by atoms with Crippen molar-refractivity contribution in [1.29, 1.82) is 0 Å². The molecule has 0 N–H and O–H groups in total. The van der Waals surface area contributed by atoms with E-state index in [1.165, 1.54) is 46.1 Å². The second kappa shape index (κ2) is 8.71. The van der Waals surface area contributed by atoms with Crippen molar-refractivity contribution in [3.8, 4) is 5.75 Å². The van der Waals surface area contributed by atoms with Crippen LogP contribution >= 0.6 is 0 Å². The monoisotopic (exact) mass is 334 g/mol. The zero-order valence-corrected chi connectivity index (χ0v) is 14.7. The summed E-state index contributed by atoms with van der Waals surface area (Å²) < 4.78 is 15.9. The predicted molar refractivity (Wildman–Crippen MR) is 90.0 cm³/mol. The first-order valence-electron chi connectivity index (χ1n) is 8.53. The minimum Gasteiger partial charge on any atom is -0.492 e. The number of hydrogen-bond donors (Lipinski definition) is 0. The summed E-state index contributed by atoms with van der Waals surface area (Å²) in [6, 6.07) is 5.25. The van der Waals surface area contributed by atoms with Gasteiger partial charge in [0.25, 0.3) is 0 Å². The van der Waals surface area contributed by atoms with Crippen LogP contribution in [0.15, 0.2) is 18.2 Å². The van der Waals surface area contributed by atoms with Gasteiger partial charge in [0.15, 0.2) is 0 Å². The van der Waals surface area contributed by atoms with Crippen LogP contribution in [0.25, 0.3) is 0 Å². The van der Waals surface area contributed by atoms with Crippen molar-refractivity contribution >= 4 is 11.9 Å². The Kier molecular flexibility index (Phi) is 6.64. The fraction of sp³-hybridized carbons (Fsp3) is 0.579. The average molecular weight is 334 g/mol. The van der Waals surface area contributed by atoms with Gasteiger partial charge in [-0.3, -0.25) is 4.79 Å². The first kappa shape index (κ1) is 18.3. The standard InChI is InChI=1S/C19H26O5/c1-13(24-14(2)20)16-9-10-18(17(11-16)19(21)22-3)23-12-15-7-5-4-6-8-15/h9-11,13,15H,4-8,12H2,1-3H3/t13-/m1/s1. The molecule has 24 heavy (non-hydrogen) atoms. The second-order valence-corrected chi connectivity index (χ2v) is 6.31. The predicted octanol–water partition coefficient (Wildman–Crippen LogP) is 4.06. The maximum absolute atomic E-state index is 12.1. The maximum atomic E-state index is 12.1. The summed E-state index contributed by atoms with van der Waals surface area (Å²) in [5, 5.41) is 0. The summed E-state index contributed by atoms with van der Waals surface area (Å²) in [4.78, 5) is 23.2. The Hall–Kier alpha value is -2.04. The van der Waals surface area contributed by atoms with Gasteiger partial charge in [-0.2, -0.15) is 0 Å². The van der Waals surface area contributed by atoms with E-state index in [9.17, 15) is 9.59 Å². The molecule has 0 aromatic heterocycles. The molecule has 0 aliphatic heterocycles. The third-order valence-corrected chi connectivity index (χ3v) is 4.42. The molecule has 5 heteroatoms. The van der Waals surface area contributed by atoms with Gasteiger partial charge in [-0.25, -0.2) is 4.79 Å². The number of esters is 2. The van der Waals surface area contributed by atoms with E-state index < -0.39 is 12.1 Å². The minimum absolute atomic E-state index is 0.361. The molecule has 0 amide bonds. The molecular weight excluding hydrogens is 308 g/mol. The molecule has 1 aromatic rings. The first-order chi connectivity index (χ1) is 11.5. The van der Waals surface area contributed by atoms with Gasteiger partial charge in [0.05, 0.1) is 13.7 Å². The zero-order valence-electron chi connectivity index (χ0n) is 14.7. The van der Waals surface area contributed by atoms with Crippen molar-refractivity contribution in [2.24, 2.45) is 5.92 Å². The van der Waals surface area contributed by atoms with Crippen LogP contribution in [0.3, 0.4) is 0 Å². The van der Waals surface area contributed by atoms with Crippen molar-refractivity contribution in [3.63, 3.8) is 0 Å². The van der Waals surface area contributed by atoms with E-state index in [2.05, 4.69) is 0 Å². The Morgan fingerprint density at radius 1 is 1.21 bits per heavy atom. The molecule has 0 bridgehead atoms. The van der Waals surface area contributed by atoms with Crippen molar-refractivity contribution < 1.29 is 23.8 Å². The molecule has 0 unspecified atom stereocenters. The first-order valence-corrected chi connectivity index (χ1v) is 8.53. The summed E-state index contributed by atoms with van der Waals surface area (Å²) in [5.41, 5.74) is 1.10. The van der Waals surface area contributed by atoms with Crippen LogP contribution in [0.1, 0.15) is 68.0 Å². The number of hydrogen-bond acceptors (Lipinski definition) is 5. The van der Waals surface area contributed by atoms with E-state index >= 15 is 0 Å². The summed E-state index contributed by atoms with van der Waals surface area (Å²) in [7, 11) is 1.34. The van der Waals surface area contributed by atoms with Crippen LogP contribution < -0.4 is 4.74 Å². The van der Waals surface area contributed by atoms with Crippen LogP contribution in [0.5, 0.6) is 5.75 Å². The van der Waals surface area contributed by atoms with Gasteiger partial charge in [-0.05, 0) is 43.4 Å². The van der Waals surface area contributed by atoms with Crippen LogP contribution in [0.2, 0.25) is 0 Å². The third kappa shape index (κ3) is 4.98. The smallest absolute Gasteiger partial charge is 0.341 e. The lowest BCUT2D eigenvalue weighted by molar-refractivity contribution is -0.145. The van der Waals surface area contributed by atoms with E-state index in [1.807, 2.05) is 6.07 Å². The molecule has 1 atom stereocenters. The lowest BCUT2D eigenvalue weighted by Gasteiger charge is -2.22. The Balaban J connectivity index is 2.13. The Morgan fingerprint density at radius 3 is 2.54 bits per heavy atom. The highest BCUT2D eigenvalue weighted by Crippen LogP contribution is 2.29. The molecule has 132 valence electrons. The normalized spacial score (nSPS) is 16.3. The molecule has 1 aliphatic carbocycles. The molecule has 0 spiro atoms. The van der Waals surface area contributed by atoms with Crippen LogP contribution in [0.4, 0.5) is 0 Å². The van der Waals surface area contributed by atoms with Gasteiger partial charge in [0.2, 0.25) is 0 Å². The lowest BCUT2D eigenvalue weighted by Crippen LogP contribution is -2.17. The number of ether oxygens (including phenoxy) is 3. The van der Waals surface area contributed by atoms with Crippen LogP contribution in [0, 0.1) is 5.92 Å². The fourth-order valence-electron chi connectivity index (χ4n) is 3.07. The molecule has 0 radical (unpaired) electrons. The molecular formula is C19H26O5. The lowest BCUT2D eigenvalue weighted by atomic mass is 9.90. The molecule has 0 heterocycles. The molecule has 1 fully saturated rings. The summed E-state index contributed by atoms with van der Waals surface area (Å²) in [6.45, 7) is 3.74. The summed E-state index contributed by atoms with van der Waals surface area (Å²) in [5.74, 6) is 0.250. The van der Waals surface area contributed by atoms with Gasteiger partial charge >= 0.3 is 11.9 Å². The number of carbonyl (C=O) groups is 2. The quantitative estimate of drug-likeness (QED) is 0.734. The SMILES string of the molecule is COC(=O)c1cc([C@@H](C)OC(C)=O)ccc1OCC1CCCCC1. The molecule has 0 saturated heterocycles. The van der Waals surface area contributed by atoms with Crippen LogP contribution in [-0.2, 0) is 14.3 Å². The van der Waals surface area contributed by atoms with Gasteiger partial charge in [-0.1, -0.05) is 25.3 Å². The van der Waals surface area contributed by atoms with E-state index in [4.69, 9.17) is 14.2 Å². The van der Waals surface area contributed by atoms with Gasteiger partial charge in [-0.15, -0.1) is 0 Å². The largest absolute Gasteiger partial charge is 0.492 e. The van der Waals surface area contributed by atoms with E-state index in [1.54, 1.807) is 19.1 Å². The van der Waals surface area contributed by atoms with Gasteiger partial charge in [0, 0.05) is 6.92 Å². The number of rotatable bonds is 6.